The zero-order valence-electron chi connectivity index (χ0n) is 13.6. The molecule has 3 N–H and O–H groups in total. The number of likely N-dealkylation sites (N-methyl/N-ethyl adjacent to an activating group) is 1. The third-order valence-electron chi connectivity index (χ3n) is 4.25. The molecule has 0 aromatic heterocycles. The van der Waals surface area contributed by atoms with E-state index in [-0.39, 0.29) is 23.8 Å². The van der Waals surface area contributed by atoms with Crippen LogP contribution in [0.3, 0.4) is 0 Å². The maximum Gasteiger partial charge on any atom is 0.239 e. The van der Waals surface area contributed by atoms with Crippen LogP contribution >= 0.6 is 0 Å². The van der Waals surface area contributed by atoms with Crippen molar-refractivity contribution in [3.05, 3.63) is 0 Å². The highest BCUT2D eigenvalue weighted by Gasteiger charge is 2.31. The number of hydrogen-bond donors (Lipinski definition) is 2. The number of piperidine rings is 1. The number of amides is 2. The molecular weight excluding hydrogens is 268 g/mol. The Bertz CT molecular complexity index is 345. The topological polar surface area (TPSA) is 78.7 Å². The van der Waals surface area contributed by atoms with E-state index in [9.17, 15) is 9.59 Å². The zero-order valence-corrected chi connectivity index (χ0v) is 13.6. The summed E-state index contributed by atoms with van der Waals surface area (Å²) < 4.78 is 0. The minimum absolute atomic E-state index is 0.0303. The largest absolute Gasteiger partial charge is 0.355 e. The smallest absolute Gasteiger partial charge is 0.239 e. The number of nitrogens with one attached hydrogen (secondary N) is 1. The summed E-state index contributed by atoms with van der Waals surface area (Å²) in [5.41, 5.74) is 5.41. The van der Waals surface area contributed by atoms with Crippen LogP contribution in [0, 0.1) is 5.92 Å². The molecule has 1 heterocycles. The first-order valence-electron chi connectivity index (χ1n) is 8.05. The summed E-state index contributed by atoms with van der Waals surface area (Å²) in [4.78, 5) is 28.5. The van der Waals surface area contributed by atoms with E-state index >= 15 is 0 Å². The first-order chi connectivity index (χ1) is 10.0. The van der Waals surface area contributed by atoms with Gasteiger partial charge in [-0.3, -0.25) is 14.5 Å². The second-order valence-electron chi connectivity index (χ2n) is 5.60. The van der Waals surface area contributed by atoms with Crippen molar-refractivity contribution in [1.82, 2.24) is 15.1 Å². The summed E-state index contributed by atoms with van der Waals surface area (Å²) >= 11 is 0. The van der Waals surface area contributed by atoms with E-state index in [4.69, 9.17) is 5.73 Å². The molecule has 2 amide bonds. The third kappa shape index (κ3) is 4.97. The van der Waals surface area contributed by atoms with Crippen molar-refractivity contribution in [2.24, 2.45) is 11.7 Å². The number of nitrogens with two attached hydrogens (primary N) is 1. The molecule has 2 unspecified atom stereocenters. The number of hydrogen-bond acceptors (Lipinski definition) is 4. The van der Waals surface area contributed by atoms with Crippen LogP contribution in [0.15, 0.2) is 0 Å². The standard InChI is InChI=1S/C15H30N4O2/c1-4-18(5-2)15(21)12(3)19-10-6-7-13(11-19)14(20)17-9-8-16/h12-13H,4-11,16H2,1-3H3,(H,17,20). The van der Waals surface area contributed by atoms with Gasteiger partial charge in [0.25, 0.3) is 0 Å². The number of rotatable bonds is 7. The van der Waals surface area contributed by atoms with E-state index in [1.165, 1.54) is 0 Å². The van der Waals surface area contributed by atoms with Crippen LogP contribution in [-0.2, 0) is 9.59 Å². The van der Waals surface area contributed by atoms with E-state index in [1.807, 2.05) is 25.7 Å². The van der Waals surface area contributed by atoms with Crippen LogP contribution in [0.1, 0.15) is 33.6 Å². The second-order valence-corrected chi connectivity index (χ2v) is 5.60. The Morgan fingerprint density at radius 3 is 2.62 bits per heavy atom. The van der Waals surface area contributed by atoms with Gasteiger partial charge in [0.1, 0.15) is 0 Å². The molecule has 6 nitrogen and oxygen atoms in total. The Morgan fingerprint density at radius 2 is 2.05 bits per heavy atom. The molecule has 0 radical (unpaired) electrons. The Hall–Kier alpha value is -1.14. The molecule has 21 heavy (non-hydrogen) atoms. The molecule has 2 atom stereocenters. The van der Waals surface area contributed by atoms with Gasteiger partial charge in [-0.1, -0.05) is 0 Å². The lowest BCUT2D eigenvalue weighted by Crippen LogP contribution is -2.52. The van der Waals surface area contributed by atoms with Gasteiger partial charge in [0, 0.05) is 32.7 Å². The van der Waals surface area contributed by atoms with Crippen molar-refractivity contribution < 1.29 is 9.59 Å². The third-order valence-corrected chi connectivity index (χ3v) is 4.25. The fraction of sp³-hybridized carbons (Fsp3) is 0.867. The van der Waals surface area contributed by atoms with E-state index < -0.39 is 0 Å². The van der Waals surface area contributed by atoms with Crippen LogP contribution in [0.25, 0.3) is 0 Å². The molecule has 0 aliphatic carbocycles. The van der Waals surface area contributed by atoms with Gasteiger partial charge >= 0.3 is 0 Å². The van der Waals surface area contributed by atoms with Crippen molar-refractivity contribution in [3.8, 4) is 0 Å². The average molecular weight is 298 g/mol. The predicted molar refractivity (Wildman–Crippen MR) is 83.8 cm³/mol. The molecule has 0 bridgehead atoms. The van der Waals surface area contributed by atoms with E-state index in [1.54, 1.807) is 0 Å². The van der Waals surface area contributed by atoms with Gasteiger partial charge in [-0.2, -0.15) is 0 Å². The van der Waals surface area contributed by atoms with E-state index in [0.29, 0.717) is 19.6 Å². The lowest BCUT2D eigenvalue weighted by molar-refractivity contribution is -0.138. The molecule has 0 spiro atoms. The molecule has 6 heteroatoms. The number of nitrogens with zero attached hydrogens (tertiary/aromatic N) is 2. The number of carbonyl (C=O) groups is 2. The van der Waals surface area contributed by atoms with Crippen LogP contribution in [-0.4, -0.2) is 66.9 Å². The van der Waals surface area contributed by atoms with E-state index in [0.717, 1.165) is 32.5 Å². The molecule has 1 fully saturated rings. The highest BCUT2D eigenvalue weighted by Crippen LogP contribution is 2.19. The molecule has 1 rings (SSSR count). The van der Waals surface area contributed by atoms with Gasteiger partial charge in [-0.05, 0) is 40.2 Å². The first kappa shape index (κ1) is 17.9. The van der Waals surface area contributed by atoms with Gasteiger partial charge in [0.2, 0.25) is 11.8 Å². The van der Waals surface area contributed by atoms with Crippen molar-refractivity contribution in [2.75, 3.05) is 39.3 Å². The Kier molecular flexibility index (Phi) is 7.67. The van der Waals surface area contributed by atoms with Crippen molar-refractivity contribution in [3.63, 3.8) is 0 Å². The fourth-order valence-corrected chi connectivity index (χ4v) is 2.87. The van der Waals surface area contributed by atoms with Gasteiger partial charge in [0.15, 0.2) is 0 Å². The van der Waals surface area contributed by atoms with Crippen molar-refractivity contribution in [1.29, 1.82) is 0 Å². The maximum absolute atomic E-state index is 12.4. The predicted octanol–water partition coefficient (Wildman–Crippen LogP) is 0.0302. The Morgan fingerprint density at radius 1 is 1.38 bits per heavy atom. The monoisotopic (exact) mass is 298 g/mol. The number of carbonyl (C=O) groups excluding carboxylic acids is 2. The molecule has 1 aliphatic heterocycles. The summed E-state index contributed by atoms with van der Waals surface area (Å²) in [6, 6.07) is -0.157. The molecule has 0 aromatic rings. The van der Waals surface area contributed by atoms with Gasteiger partial charge in [-0.15, -0.1) is 0 Å². The van der Waals surface area contributed by atoms with Gasteiger partial charge in [0.05, 0.1) is 12.0 Å². The molecule has 0 aromatic carbocycles. The summed E-state index contributed by atoms with van der Waals surface area (Å²) in [6.07, 6.45) is 1.84. The minimum Gasteiger partial charge on any atom is -0.355 e. The molecule has 0 saturated carbocycles. The molecular formula is C15H30N4O2. The highest BCUT2D eigenvalue weighted by atomic mass is 16.2. The molecule has 1 aliphatic rings. The normalized spacial score (nSPS) is 20.9. The van der Waals surface area contributed by atoms with Gasteiger partial charge < -0.3 is 16.0 Å². The summed E-state index contributed by atoms with van der Waals surface area (Å²) in [5, 5.41) is 2.85. The second kappa shape index (κ2) is 9.00. The lowest BCUT2D eigenvalue weighted by atomic mass is 9.95. The van der Waals surface area contributed by atoms with Crippen LogP contribution < -0.4 is 11.1 Å². The Balaban J connectivity index is 2.58. The highest BCUT2D eigenvalue weighted by molar-refractivity contribution is 5.82. The summed E-state index contributed by atoms with van der Waals surface area (Å²) in [5.74, 6) is 0.188. The van der Waals surface area contributed by atoms with Crippen LogP contribution in [0.2, 0.25) is 0 Å². The SMILES string of the molecule is CCN(CC)C(=O)C(C)N1CCCC(C(=O)NCCN)C1. The lowest BCUT2D eigenvalue weighted by Gasteiger charge is -2.37. The minimum atomic E-state index is -0.157. The van der Waals surface area contributed by atoms with Crippen molar-refractivity contribution >= 4 is 11.8 Å². The van der Waals surface area contributed by atoms with Gasteiger partial charge in [-0.25, -0.2) is 0 Å². The van der Waals surface area contributed by atoms with Crippen LogP contribution in [0.4, 0.5) is 0 Å². The fourth-order valence-electron chi connectivity index (χ4n) is 2.87. The van der Waals surface area contributed by atoms with Crippen LogP contribution in [0.5, 0.6) is 0 Å². The summed E-state index contributed by atoms with van der Waals surface area (Å²) in [7, 11) is 0. The van der Waals surface area contributed by atoms with E-state index in [2.05, 4.69) is 10.2 Å². The summed E-state index contributed by atoms with van der Waals surface area (Å²) in [6.45, 7) is 9.91. The quantitative estimate of drug-likeness (QED) is 0.695. The van der Waals surface area contributed by atoms with Crippen molar-refractivity contribution in [2.45, 2.75) is 39.7 Å². The first-order valence-corrected chi connectivity index (χ1v) is 8.05. The maximum atomic E-state index is 12.4. The number of likely N-dealkylation sites (tertiary alicyclic amines) is 1. The molecule has 122 valence electrons. The zero-order chi connectivity index (χ0) is 15.8. The average Bonchev–Trinajstić information content (AvgIpc) is 2.52. The Labute approximate surface area is 128 Å². The molecule has 1 saturated heterocycles.